The second kappa shape index (κ2) is 7.18. The fourth-order valence-corrected chi connectivity index (χ4v) is 2.89. The number of halogens is 5. The van der Waals surface area contributed by atoms with Gasteiger partial charge in [0.05, 0.1) is 17.8 Å². The highest BCUT2D eigenvalue weighted by atomic mass is 35.5. The summed E-state index contributed by atoms with van der Waals surface area (Å²) in [5.74, 6) is 0.262. The first-order chi connectivity index (χ1) is 11.3. The summed E-state index contributed by atoms with van der Waals surface area (Å²) in [6.45, 7) is 7.44. The lowest BCUT2D eigenvalue weighted by Crippen LogP contribution is -2.41. The SMILES string of the molecule is CC1(C)OB(c2c(Cl)cc(Cl)cc2OCCCC(F)(F)F)OC1(C)C. The van der Waals surface area contributed by atoms with Crippen molar-refractivity contribution in [2.24, 2.45) is 0 Å². The number of benzene rings is 1. The quantitative estimate of drug-likeness (QED) is 0.515. The summed E-state index contributed by atoms with van der Waals surface area (Å²) in [5, 5.41) is 0.591. The van der Waals surface area contributed by atoms with Gasteiger partial charge in [-0.3, -0.25) is 0 Å². The standard InChI is InChI=1S/C16H20BCl2F3O3/c1-14(2)15(3,4)25-17(24-14)13-11(19)8-10(18)9-12(13)23-7-5-6-16(20,21)22/h8-9H,5-7H2,1-4H3. The number of hydrogen-bond donors (Lipinski definition) is 0. The number of rotatable bonds is 5. The van der Waals surface area contributed by atoms with Crippen LogP contribution in [0.1, 0.15) is 40.5 Å². The maximum Gasteiger partial charge on any atom is 0.500 e. The molecule has 0 spiro atoms. The van der Waals surface area contributed by atoms with Crippen LogP contribution in [0.5, 0.6) is 5.75 Å². The molecule has 9 heteroatoms. The molecule has 2 rings (SSSR count). The fraction of sp³-hybridized carbons (Fsp3) is 0.625. The Balaban J connectivity index is 2.21. The van der Waals surface area contributed by atoms with Gasteiger partial charge in [0.1, 0.15) is 5.75 Å². The van der Waals surface area contributed by atoms with Crippen LogP contribution in [0.3, 0.4) is 0 Å². The van der Waals surface area contributed by atoms with Crippen LogP contribution in [0, 0.1) is 0 Å². The van der Waals surface area contributed by atoms with Crippen molar-refractivity contribution in [3.8, 4) is 5.75 Å². The zero-order chi connectivity index (χ0) is 19.0. The predicted molar refractivity (Wildman–Crippen MR) is 93.0 cm³/mol. The Labute approximate surface area is 155 Å². The number of ether oxygens (including phenoxy) is 1. The van der Waals surface area contributed by atoms with Gasteiger partial charge in [-0.1, -0.05) is 23.2 Å². The maximum absolute atomic E-state index is 12.3. The molecule has 0 saturated carbocycles. The van der Waals surface area contributed by atoms with Gasteiger partial charge in [-0.2, -0.15) is 13.2 Å². The second-order valence-corrected chi connectivity index (χ2v) is 7.80. The summed E-state index contributed by atoms with van der Waals surface area (Å²) in [6.07, 6.45) is -5.31. The van der Waals surface area contributed by atoms with E-state index in [4.69, 9.17) is 37.2 Å². The molecule has 0 atom stereocenters. The Kier molecular flexibility index (Phi) is 5.94. The Hall–Kier alpha value is -0.625. The van der Waals surface area contributed by atoms with E-state index in [9.17, 15) is 13.2 Å². The molecule has 1 aliphatic heterocycles. The highest BCUT2D eigenvalue weighted by Gasteiger charge is 2.53. The smallest absolute Gasteiger partial charge is 0.494 e. The largest absolute Gasteiger partial charge is 0.500 e. The van der Waals surface area contributed by atoms with E-state index in [2.05, 4.69) is 0 Å². The van der Waals surface area contributed by atoms with E-state index in [0.29, 0.717) is 10.5 Å². The Morgan fingerprint density at radius 3 is 2.16 bits per heavy atom. The monoisotopic (exact) mass is 398 g/mol. The van der Waals surface area contributed by atoms with E-state index in [0.717, 1.165) is 0 Å². The van der Waals surface area contributed by atoms with Crippen molar-refractivity contribution in [3.63, 3.8) is 0 Å². The molecule has 0 amide bonds. The minimum atomic E-state index is -4.22. The van der Waals surface area contributed by atoms with Crippen molar-refractivity contribution in [2.75, 3.05) is 6.61 Å². The molecule has 0 unspecified atom stereocenters. The highest BCUT2D eigenvalue weighted by Crippen LogP contribution is 2.38. The molecule has 1 heterocycles. The fourth-order valence-electron chi connectivity index (χ4n) is 2.32. The first kappa shape index (κ1) is 20.7. The topological polar surface area (TPSA) is 27.7 Å². The van der Waals surface area contributed by atoms with Gasteiger partial charge in [0.25, 0.3) is 0 Å². The molecule has 140 valence electrons. The summed E-state index contributed by atoms with van der Waals surface area (Å²) in [4.78, 5) is 0. The van der Waals surface area contributed by atoms with Crippen LogP contribution in [-0.4, -0.2) is 31.1 Å². The molecule has 1 saturated heterocycles. The van der Waals surface area contributed by atoms with Gasteiger partial charge in [0, 0.05) is 21.9 Å². The van der Waals surface area contributed by atoms with Crippen molar-refractivity contribution in [1.82, 2.24) is 0 Å². The Morgan fingerprint density at radius 2 is 1.64 bits per heavy atom. The van der Waals surface area contributed by atoms with Gasteiger partial charge in [-0.15, -0.1) is 0 Å². The van der Waals surface area contributed by atoms with E-state index < -0.39 is 30.9 Å². The summed E-state index contributed by atoms with van der Waals surface area (Å²) in [6, 6.07) is 3.02. The van der Waals surface area contributed by atoms with Gasteiger partial charge in [0.2, 0.25) is 0 Å². The van der Waals surface area contributed by atoms with Crippen molar-refractivity contribution < 1.29 is 27.2 Å². The predicted octanol–water partition coefficient (Wildman–Crippen LogP) is 5.01. The first-order valence-electron chi connectivity index (χ1n) is 7.86. The lowest BCUT2D eigenvalue weighted by atomic mass is 9.78. The molecule has 0 bridgehead atoms. The zero-order valence-corrected chi connectivity index (χ0v) is 16.0. The third kappa shape index (κ3) is 4.97. The van der Waals surface area contributed by atoms with Crippen LogP contribution >= 0.6 is 23.2 Å². The van der Waals surface area contributed by atoms with Crippen molar-refractivity contribution in [2.45, 2.75) is 57.9 Å². The van der Waals surface area contributed by atoms with Gasteiger partial charge in [-0.25, -0.2) is 0 Å². The van der Waals surface area contributed by atoms with E-state index >= 15 is 0 Å². The first-order valence-corrected chi connectivity index (χ1v) is 8.62. The average molecular weight is 399 g/mol. The van der Waals surface area contributed by atoms with Crippen LogP contribution in [0.15, 0.2) is 12.1 Å². The molecule has 1 aliphatic rings. The Morgan fingerprint density at radius 1 is 1.08 bits per heavy atom. The van der Waals surface area contributed by atoms with E-state index in [-0.39, 0.29) is 23.8 Å². The van der Waals surface area contributed by atoms with Gasteiger partial charge in [-0.05, 0) is 46.2 Å². The van der Waals surface area contributed by atoms with Crippen LogP contribution in [0.25, 0.3) is 0 Å². The molecule has 1 aromatic carbocycles. The zero-order valence-electron chi connectivity index (χ0n) is 14.5. The summed E-state index contributed by atoms with van der Waals surface area (Å²) in [7, 11) is -0.799. The van der Waals surface area contributed by atoms with E-state index in [1.54, 1.807) is 0 Å². The van der Waals surface area contributed by atoms with Crippen LogP contribution < -0.4 is 10.2 Å². The lowest BCUT2D eigenvalue weighted by Gasteiger charge is -2.32. The number of hydrogen-bond acceptors (Lipinski definition) is 3. The van der Waals surface area contributed by atoms with Gasteiger partial charge >= 0.3 is 13.3 Å². The molecular weight excluding hydrogens is 379 g/mol. The van der Waals surface area contributed by atoms with Crippen LogP contribution in [0.2, 0.25) is 10.0 Å². The van der Waals surface area contributed by atoms with Crippen LogP contribution in [-0.2, 0) is 9.31 Å². The molecule has 0 aliphatic carbocycles. The highest BCUT2D eigenvalue weighted by molar-refractivity contribution is 6.67. The van der Waals surface area contributed by atoms with E-state index in [1.807, 2.05) is 27.7 Å². The third-order valence-corrected chi connectivity index (χ3v) is 4.94. The molecule has 1 aromatic rings. The summed E-state index contributed by atoms with van der Waals surface area (Å²) in [5.41, 5.74) is -0.751. The molecule has 0 radical (unpaired) electrons. The molecule has 3 nitrogen and oxygen atoms in total. The molecule has 1 fully saturated rings. The minimum Gasteiger partial charge on any atom is -0.494 e. The van der Waals surface area contributed by atoms with Crippen molar-refractivity contribution >= 4 is 35.8 Å². The van der Waals surface area contributed by atoms with Gasteiger partial charge < -0.3 is 14.0 Å². The molecule has 0 aromatic heterocycles. The average Bonchev–Trinajstić information content (AvgIpc) is 2.61. The third-order valence-electron chi connectivity index (χ3n) is 4.41. The normalized spacial score (nSPS) is 19.3. The second-order valence-electron chi connectivity index (χ2n) is 6.95. The maximum atomic E-state index is 12.3. The number of alkyl halides is 3. The van der Waals surface area contributed by atoms with Crippen molar-refractivity contribution in [1.29, 1.82) is 0 Å². The molecule has 0 N–H and O–H groups in total. The van der Waals surface area contributed by atoms with E-state index in [1.165, 1.54) is 12.1 Å². The molecule has 25 heavy (non-hydrogen) atoms. The minimum absolute atomic E-state index is 0.122. The van der Waals surface area contributed by atoms with Crippen molar-refractivity contribution in [3.05, 3.63) is 22.2 Å². The van der Waals surface area contributed by atoms with Gasteiger partial charge in [0.15, 0.2) is 0 Å². The summed E-state index contributed by atoms with van der Waals surface area (Å²) < 4.78 is 54.2. The Bertz CT molecular complexity index is 620. The lowest BCUT2D eigenvalue weighted by molar-refractivity contribution is -0.136. The molecular formula is C16H20BCl2F3O3. The summed E-state index contributed by atoms with van der Waals surface area (Å²) >= 11 is 12.3. The van der Waals surface area contributed by atoms with Crippen LogP contribution in [0.4, 0.5) is 13.2 Å².